The molecule has 0 radical (unpaired) electrons. The average Bonchev–Trinajstić information content (AvgIpc) is 2.45. The van der Waals surface area contributed by atoms with Gasteiger partial charge in [-0.3, -0.25) is 0 Å². The quantitative estimate of drug-likeness (QED) is 0.577. The molecule has 0 bridgehead atoms. The Morgan fingerprint density at radius 3 is 1.14 bits per heavy atom. The van der Waals surface area contributed by atoms with Crippen LogP contribution in [-0.2, 0) is 20.4 Å². The second-order valence-electron chi connectivity index (χ2n) is 6.35. The van der Waals surface area contributed by atoms with E-state index in [2.05, 4.69) is 41.2 Å². The molecule has 1 rings (SSSR count). The van der Waals surface area contributed by atoms with E-state index < -0.39 is 0 Å². The second kappa shape index (κ2) is 14.9. The predicted molar refractivity (Wildman–Crippen MR) is 96.6 cm³/mol. The van der Waals surface area contributed by atoms with Crippen LogP contribution in [0.4, 0.5) is 0 Å². The number of aliphatic hydroxyl groups is 3. The van der Waals surface area contributed by atoms with Gasteiger partial charge in [0.25, 0.3) is 0 Å². The van der Waals surface area contributed by atoms with Gasteiger partial charge in [-0.2, -0.15) is 0 Å². The molecule has 131 valence electrons. The summed E-state index contributed by atoms with van der Waals surface area (Å²) in [5, 5.41) is 25.8. The third kappa shape index (κ3) is 18.3. The van der Waals surface area contributed by atoms with E-state index in [1.54, 1.807) is 61.8 Å². The number of aliphatic hydroxyl groups excluding tert-OH is 3. The third-order valence-electron chi connectivity index (χ3n) is 2.64. The van der Waals surface area contributed by atoms with Crippen LogP contribution in [0.3, 0.4) is 0 Å². The van der Waals surface area contributed by atoms with Crippen LogP contribution in [0.5, 0.6) is 0 Å². The van der Waals surface area contributed by atoms with Gasteiger partial charge in [-0.15, -0.1) is 0 Å². The Balaban J connectivity index is -0.000000253. The van der Waals surface area contributed by atoms with Crippen LogP contribution in [0.25, 0.3) is 0 Å². The van der Waals surface area contributed by atoms with Gasteiger partial charge in [0.2, 0.25) is 0 Å². The van der Waals surface area contributed by atoms with Gasteiger partial charge < -0.3 is 15.3 Å². The summed E-state index contributed by atoms with van der Waals surface area (Å²) in [6.45, 7) is 17.2. The van der Waals surface area contributed by atoms with E-state index in [0.29, 0.717) is 0 Å². The Morgan fingerprint density at radius 1 is 0.864 bits per heavy atom. The summed E-state index contributed by atoms with van der Waals surface area (Å²) >= 11 is 2.27. The van der Waals surface area contributed by atoms with Crippen molar-refractivity contribution in [2.24, 2.45) is 5.92 Å². The van der Waals surface area contributed by atoms with Gasteiger partial charge in [0.1, 0.15) is 0 Å². The summed E-state index contributed by atoms with van der Waals surface area (Å²) in [5.74, 6) is 0.729. The fraction of sp³-hybridized carbons (Fsp3) is 0.765. The monoisotopic (exact) mass is 365 g/mol. The van der Waals surface area contributed by atoms with E-state index in [1.165, 1.54) is 10.2 Å². The molecule has 0 saturated heterocycles. The van der Waals surface area contributed by atoms with Crippen molar-refractivity contribution >= 4 is 10.2 Å². The fourth-order valence-corrected chi connectivity index (χ4v) is 2.82. The maximum atomic E-state index is 8.06. The van der Waals surface area contributed by atoms with E-state index >= 15 is 0 Å². The molecule has 0 aromatic carbocycles. The normalized spacial score (nSPS) is 17.1. The van der Waals surface area contributed by atoms with Crippen LogP contribution < -0.4 is 0 Å². The summed E-state index contributed by atoms with van der Waals surface area (Å²) in [6, 6.07) is 0. The van der Waals surface area contributed by atoms with Crippen LogP contribution in [0, 0.1) is 5.92 Å². The molecule has 1 aliphatic rings. The molecule has 3 nitrogen and oxygen atoms in total. The number of allylic oxidation sites excluding steroid dienone is 4. The Labute approximate surface area is 152 Å². The second-order valence-corrected chi connectivity index (χ2v) is 8.19. The number of hydrogen-bond acceptors (Lipinski definition) is 3. The molecule has 1 unspecified atom stereocenters. The zero-order valence-corrected chi connectivity index (χ0v) is 19.7. The van der Waals surface area contributed by atoms with E-state index in [0.717, 1.165) is 5.92 Å². The first-order chi connectivity index (χ1) is 9.75. The van der Waals surface area contributed by atoms with Gasteiger partial charge in [0.15, 0.2) is 0 Å². The number of hydrogen-bond donors (Lipinski definition) is 3. The molecule has 1 aliphatic carbocycles. The maximum absolute atomic E-state index is 8.06. The van der Waals surface area contributed by atoms with E-state index in [-0.39, 0.29) is 18.3 Å². The van der Waals surface area contributed by atoms with Crippen molar-refractivity contribution in [3.8, 4) is 0 Å². The summed E-state index contributed by atoms with van der Waals surface area (Å²) < 4.78 is 1.61. The van der Waals surface area contributed by atoms with Crippen LogP contribution in [0.2, 0.25) is 0 Å². The van der Waals surface area contributed by atoms with Crippen LogP contribution in [-0.4, -0.2) is 43.9 Å². The zero-order chi connectivity index (χ0) is 18.6. The van der Waals surface area contributed by atoms with Crippen molar-refractivity contribution < 1.29 is 35.8 Å². The molecular formula is C17H37O3SiTi. The Bertz CT molecular complexity index is 301. The summed E-state index contributed by atoms with van der Waals surface area (Å²) in [5.41, 5.74) is 3.15. The topological polar surface area (TPSA) is 60.7 Å². The van der Waals surface area contributed by atoms with Crippen molar-refractivity contribution in [1.82, 2.24) is 0 Å². The van der Waals surface area contributed by atoms with Gasteiger partial charge in [0.05, 0.1) is 0 Å². The van der Waals surface area contributed by atoms with Gasteiger partial charge in [-0.1, -0.05) is 0 Å². The average molecular weight is 365 g/mol. The minimum atomic E-state index is -0.167. The Morgan fingerprint density at radius 2 is 1.09 bits per heavy atom. The van der Waals surface area contributed by atoms with Gasteiger partial charge >= 0.3 is 77.6 Å². The molecule has 5 heteroatoms. The third-order valence-corrected chi connectivity index (χ3v) is 5.97. The first-order valence-corrected chi connectivity index (χ1v) is 9.67. The molecule has 1 atom stereocenters. The zero-order valence-electron chi connectivity index (χ0n) is 16.2. The van der Waals surface area contributed by atoms with Gasteiger partial charge in [-0.25, -0.2) is 0 Å². The molecule has 22 heavy (non-hydrogen) atoms. The Hall–Kier alpha value is 0.291. The fourth-order valence-electron chi connectivity index (χ4n) is 1.36. The van der Waals surface area contributed by atoms with Crippen LogP contribution in [0.15, 0.2) is 20.2 Å². The SMILES string of the molecule is CC(C)O.CC(C)O.CC(C)O.CC1=C(C)C(C)[C]([Ti])=C1[SiH3]. The Kier molecular flexibility index (Phi) is 18.3. The van der Waals surface area contributed by atoms with Gasteiger partial charge in [0, 0.05) is 18.3 Å². The molecule has 0 spiro atoms. The molecule has 3 N–H and O–H groups in total. The van der Waals surface area contributed by atoms with Crippen molar-refractivity contribution in [2.75, 3.05) is 0 Å². The van der Waals surface area contributed by atoms with E-state index in [1.807, 2.05) is 0 Å². The van der Waals surface area contributed by atoms with Crippen molar-refractivity contribution in [2.45, 2.75) is 80.6 Å². The summed E-state index contributed by atoms with van der Waals surface area (Å²) in [4.78, 5) is 0. The van der Waals surface area contributed by atoms with Crippen molar-refractivity contribution in [3.05, 3.63) is 20.2 Å². The molecule has 0 aliphatic heterocycles. The molecule has 0 saturated carbocycles. The molecule has 0 aromatic rings. The van der Waals surface area contributed by atoms with Crippen molar-refractivity contribution in [1.29, 1.82) is 0 Å². The first-order valence-electron chi connectivity index (χ1n) is 7.89. The molecule has 0 aromatic heterocycles. The van der Waals surface area contributed by atoms with E-state index in [9.17, 15) is 0 Å². The molecule has 0 amide bonds. The van der Waals surface area contributed by atoms with Crippen molar-refractivity contribution in [3.63, 3.8) is 0 Å². The van der Waals surface area contributed by atoms with Gasteiger partial charge in [-0.05, 0) is 41.5 Å². The summed E-state index contributed by atoms with van der Waals surface area (Å²) in [6.07, 6.45) is -0.500. The minimum absolute atomic E-state index is 0.167. The standard InChI is InChI=1S/C8H13Si.3C3H8O.Ti/c1-5-4-8(9)7(3)6(5)2;3*1-3(2)4;/h5H,1-3,9H3;3*3-4H,1-2H3;. The number of rotatable bonds is 0. The predicted octanol–water partition coefficient (Wildman–Crippen LogP) is 2.26. The molecule has 0 heterocycles. The summed E-state index contributed by atoms with van der Waals surface area (Å²) in [7, 11) is 1.22. The van der Waals surface area contributed by atoms with E-state index in [4.69, 9.17) is 15.3 Å². The molecular weight excluding hydrogens is 328 g/mol. The first kappa shape index (κ1) is 27.2. The molecule has 0 fully saturated rings. The van der Waals surface area contributed by atoms with Crippen LogP contribution in [0.1, 0.15) is 62.3 Å². The van der Waals surface area contributed by atoms with Crippen LogP contribution >= 0.6 is 0 Å².